The van der Waals surface area contributed by atoms with Crippen molar-refractivity contribution in [2.24, 2.45) is 0 Å². The Labute approximate surface area is 162 Å². The molecule has 0 fully saturated rings. The molecule has 0 aliphatic heterocycles. The Bertz CT molecular complexity index is 1120. The number of alkyl halides is 2. The third-order valence-corrected chi connectivity index (χ3v) is 3.95. The van der Waals surface area contributed by atoms with Gasteiger partial charge >= 0.3 is 12.0 Å². The number of fused-ring (bicyclic) bond motifs is 1. The van der Waals surface area contributed by atoms with Crippen LogP contribution in [0, 0.1) is 5.82 Å². The maximum Gasteiger partial charge on any atom is 0.419 e. The summed E-state index contributed by atoms with van der Waals surface area (Å²) < 4.78 is 52.2. The minimum atomic E-state index is -4.23. The molecule has 0 radical (unpaired) electrons. The normalized spacial score (nSPS) is 12.2. The molecule has 3 aromatic rings. The average molecular weight is 407 g/mol. The number of carbonyl (C=O) groups excluding carboxylic acids is 3. The van der Waals surface area contributed by atoms with Crippen LogP contribution in [0.3, 0.4) is 0 Å². The Hall–Kier alpha value is -3.36. The molecule has 0 bridgehead atoms. The van der Waals surface area contributed by atoms with E-state index in [1.165, 1.54) is 18.3 Å². The zero-order valence-corrected chi connectivity index (χ0v) is 15.7. The molecule has 0 saturated heterocycles. The van der Waals surface area contributed by atoms with Crippen LogP contribution in [0.4, 0.5) is 18.0 Å². The van der Waals surface area contributed by atoms with Crippen LogP contribution < -0.4 is 0 Å². The van der Waals surface area contributed by atoms with Gasteiger partial charge in [-0.3, -0.25) is 9.59 Å². The van der Waals surface area contributed by atoms with Gasteiger partial charge in [0.05, 0.1) is 11.8 Å². The quantitative estimate of drug-likeness (QED) is 0.351. The molecule has 0 aliphatic rings. The number of nitrogens with zero attached hydrogens (tertiary/aromatic N) is 1. The number of hydrogen-bond acceptors (Lipinski definition) is 5. The monoisotopic (exact) mass is 407 g/mol. The Balaban J connectivity index is 2.13. The molecule has 6 nitrogen and oxygen atoms in total. The lowest BCUT2D eigenvalue weighted by Crippen LogP contribution is -2.29. The van der Waals surface area contributed by atoms with Crippen molar-refractivity contribution in [3.63, 3.8) is 0 Å². The van der Waals surface area contributed by atoms with Crippen molar-refractivity contribution in [3.8, 4) is 11.1 Å². The van der Waals surface area contributed by atoms with Gasteiger partial charge in [-0.2, -0.15) is 8.78 Å². The number of ether oxygens (including phenoxy) is 1. The molecule has 9 heteroatoms. The predicted octanol–water partition coefficient (Wildman–Crippen LogP) is 4.84. The molecule has 152 valence electrons. The number of hydrogen-bond donors (Lipinski definition) is 0. The number of rotatable bonds is 4. The Morgan fingerprint density at radius 3 is 2.52 bits per heavy atom. The van der Waals surface area contributed by atoms with Crippen LogP contribution in [0.15, 0.2) is 41.1 Å². The summed E-state index contributed by atoms with van der Waals surface area (Å²) in [5.74, 6) is -7.48. The molecule has 0 saturated carbocycles. The molecule has 1 aromatic carbocycles. The van der Waals surface area contributed by atoms with Crippen molar-refractivity contribution in [2.75, 3.05) is 0 Å². The van der Waals surface area contributed by atoms with Crippen LogP contribution in [0.1, 0.15) is 31.3 Å². The van der Waals surface area contributed by atoms with E-state index in [9.17, 15) is 27.6 Å². The van der Waals surface area contributed by atoms with Crippen molar-refractivity contribution < 1.29 is 36.7 Å². The van der Waals surface area contributed by atoms with E-state index in [1.54, 1.807) is 20.8 Å². The maximum atomic E-state index is 14.5. The molecule has 29 heavy (non-hydrogen) atoms. The van der Waals surface area contributed by atoms with Gasteiger partial charge in [0.25, 0.3) is 5.78 Å². The summed E-state index contributed by atoms with van der Waals surface area (Å²) in [6.45, 7) is 4.94. The molecule has 0 aliphatic carbocycles. The van der Waals surface area contributed by atoms with Gasteiger partial charge in [-0.1, -0.05) is 12.1 Å². The molecule has 0 amide bonds. The van der Waals surface area contributed by atoms with Crippen molar-refractivity contribution in [3.05, 3.63) is 48.3 Å². The van der Waals surface area contributed by atoms with E-state index < -0.39 is 41.3 Å². The van der Waals surface area contributed by atoms with Crippen molar-refractivity contribution in [2.45, 2.75) is 32.3 Å². The molecule has 0 N–H and O–H groups in total. The second-order valence-electron chi connectivity index (χ2n) is 7.30. The van der Waals surface area contributed by atoms with E-state index in [0.29, 0.717) is 0 Å². The van der Waals surface area contributed by atoms with Gasteiger partial charge in [0.2, 0.25) is 0 Å². The standard InChI is InChI=1S/C20H16F3NO5/c1-19(2,3)29-18(27)24-8-13(12-5-4-6-14(21)16(12)24)11-7-15(28-9-11)17(26)20(22,23)10-25/h4-10H,1-3H3. The number of halogens is 3. The second kappa shape index (κ2) is 6.91. The smallest absolute Gasteiger partial charge is 0.419 e. The topological polar surface area (TPSA) is 78.5 Å². The van der Waals surface area contributed by atoms with Gasteiger partial charge in [0, 0.05) is 22.7 Å². The molecular weight excluding hydrogens is 391 g/mol. The highest BCUT2D eigenvalue weighted by atomic mass is 19.3. The van der Waals surface area contributed by atoms with Crippen molar-refractivity contribution >= 4 is 29.1 Å². The Morgan fingerprint density at radius 2 is 1.90 bits per heavy atom. The molecule has 0 atom stereocenters. The van der Waals surface area contributed by atoms with Gasteiger partial charge in [-0.25, -0.2) is 13.8 Å². The number of benzene rings is 1. The van der Waals surface area contributed by atoms with Gasteiger partial charge in [-0.15, -0.1) is 0 Å². The lowest BCUT2D eigenvalue weighted by molar-refractivity contribution is -0.123. The van der Waals surface area contributed by atoms with E-state index in [1.807, 2.05) is 0 Å². The maximum absolute atomic E-state index is 14.5. The first-order chi connectivity index (χ1) is 13.4. The highest BCUT2D eigenvalue weighted by Gasteiger charge is 2.41. The van der Waals surface area contributed by atoms with E-state index in [2.05, 4.69) is 0 Å². The third kappa shape index (κ3) is 3.80. The first kappa shape index (κ1) is 20.4. The number of furan rings is 1. The molecule has 2 aromatic heterocycles. The van der Waals surface area contributed by atoms with Gasteiger partial charge < -0.3 is 9.15 Å². The largest absolute Gasteiger partial charge is 0.460 e. The van der Waals surface area contributed by atoms with Crippen LogP contribution in [0.2, 0.25) is 0 Å². The number of aromatic nitrogens is 1. The summed E-state index contributed by atoms with van der Waals surface area (Å²) in [5, 5.41) is 0.276. The molecular formula is C20H16F3NO5. The van der Waals surface area contributed by atoms with Crippen LogP contribution >= 0.6 is 0 Å². The van der Waals surface area contributed by atoms with Gasteiger partial charge in [0.15, 0.2) is 12.0 Å². The minimum Gasteiger partial charge on any atom is -0.460 e. The highest BCUT2D eigenvalue weighted by Crippen LogP contribution is 2.34. The zero-order chi connectivity index (χ0) is 21.6. The fourth-order valence-electron chi connectivity index (χ4n) is 2.74. The molecule has 3 rings (SSSR count). The fraction of sp³-hybridized carbons (Fsp3) is 0.250. The van der Waals surface area contributed by atoms with E-state index in [0.717, 1.165) is 23.0 Å². The first-order valence-electron chi connectivity index (χ1n) is 8.45. The number of ketones is 1. The summed E-state index contributed by atoms with van der Waals surface area (Å²) in [7, 11) is 0. The highest BCUT2D eigenvalue weighted by molar-refractivity contribution is 6.09. The number of carbonyl (C=O) groups is 3. The lowest BCUT2D eigenvalue weighted by Gasteiger charge is -2.19. The fourth-order valence-corrected chi connectivity index (χ4v) is 2.74. The van der Waals surface area contributed by atoms with Crippen molar-refractivity contribution in [1.29, 1.82) is 0 Å². The van der Waals surface area contributed by atoms with Gasteiger partial charge in [0.1, 0.15) is 11.4 Å². The minimum absolute atomic E-state index is 0.0796. The summed E-state index contributed by atoms with van der Waals surface area (Å²) in [5.41, 5.74) is -0.519. The SMILES string of the molecule is CC(C)(C)OC(=O)n1cc(-c2coc(C(=O)C(F)(F)C=O)c2)c2cccc(F)c21. The Morgan fingerprint density at radius 1 is 1.21 bits per heavy atom. The summed E-state index contributed by atoms with van der Waals surface area (Å²) >= 11 is 0. The number of Topliss-reactive ketones (excluding diaryl/α,β-unsaturated/α-hetero) is 1. The first-order valence-corrected chi connectivity index (χ1v) is 8.45. The number of para-hydroxylation sites is 1. The number of aldehydes is 1. The molecule has 2 heterocycles. The Kier molecular flexibility index (Phi) is 4.86. The van der Waals surface area contributed by atoms with Gasteiger partial charge in [-0.05, 0) is 32.9 Å². The lowest BCUT2D eigenvalue weighted by atomic mass is 10.1. The summed E-state index contributed by atoms with van der Waals surface area (Å²) in [6, 6.07) is 5.08. The van der Waals surface area contributed by atoms with Crippen LogP contribution in [0.5, 0.6) is 0 Å². The van der Waals surface area contributed by atoms with Crippen LogP contribution in [0.25, 0.3) is 22.0 Å². The van der Waals surface area contributed by atoms with Crippen LogP contribution in [-0.2, 0) is 9.53 Å². The predicted molar refractivity (Wildman–Crippen MR) is 96.6 cm³/mol. The third-order valence-electron chi connectivity index (χ3n) is 3.95. The van der Waals surface area contributed by atoms with E-state index in [4.69, 9.17) is 9.15 Å². The average Bonchev–Trinajstić information content (AvgIpc) is 3.24. The molecule has 0 spiro atoms. The van der Waals surface area contributed by atoms with Crippen molar-refractivity contribution in [1.82, 2.24) is 4.57 Å². The summed E-state index contributed by atoms with van der Waals surface area (Å²) in [6.07, 6.45) is 0.652. The second-order valence-corrected chi connectivity index (χ2v) is 7.30. The zero-order valence-electron chi connectivity index (χ0n) is 15.7. The van der Waals surface area contributed by atoms with E-state index in [-0.39, 0.29) is 22.0 Å². The van der Waals surface area contributed by atoms with E-state index >= 15 is 0 Å². The van der Waals surface area contributed by atoms with Crippen LogP contribution in [-0.4, -0.2) is 34.3 Å². The summed E-state index contributed by atoms with van der Waals surface area (Å²) in [4.78, 5) is 34.6. The molecule has 0 unspecified atom stereocenters.